The van der Waals surface area contributed by atoms with E-state index >= 15 is 0 Å². The van der Waals surface area contributed by atoms with E-state index in [2.05, 4.69) is 65.8 Å². The van der Waals surface area contributed by atoms with Crippen molar-refractivity contribution in [1.82, 2.24) is 20.1 Å². The Hall–Kier alpha value is -2.63. The molecule has 0 saturated heterocycles. The molecular weight excluding hydrogens is 514 g/mol. The summed E-state index contributed by atoms with van der Waals surface area (Å²) in [6.07, 6.45) is 4.00. The van der Waals surface area contributed by atoms with Crippen molar-refractivity contribution in [3.05, 3.63) is 46.7 Å². The van der Waals surface area contributed by atoms with Gasteiger partial charge >= 0.3 is 6.08 Å². The van der Waals surface area contributed by atoms with Gasteiger partial charge in [0, 0.05) is 28.0 Å². The average Bonchev–Trinajstić information content (AvgIpc) is 3.41. The topological polar surface area (TPSA) is 106 Å². The number of nitrogens with zero attached hydrogens (tertiary/aromatic N) is 4. The lowest BCUT2D eigenvalue weighted by Crippen LogP contribution is -2.07. The number of rotatable bonds is 9. The van der Waals surface area contributed by atoms with E-state index in [0.717, 1.165) is 33.8 Å². The lowest BCUT2D eigenvalue weighted by atomic mass is 10.1. The van der Waals surface area contributed by atoms with Crippen LogP contribution < -0.4 is 10.1 Å². The van der Waals surface area contributed by atoms with Gasteiger partial charge in [0.1, 0.15) is 22.8 Å². The third kappa shape index (κ3) is 5.22. The smallest absolute Gasteiger partial charge is 0.415 e. The fraction of sp³-hybridized carbons (Fsp3) is 0.238. The average molecular weight is 534 g/mol. The van der Waals surface area contributed by atoms with Crippen LogP contribution in [-0.4, -0.2) is 44.6 Å². The Morgan fingerprint density at radius 3 is 2.88 bits per heavy atom. The standard InChI is InChI=1S/C21H20BrN5O3S2/c1-3-29-15-10-17(32-19(15)20-26-21(28)30-27-20)14-9-18(25-11-24-14)23-7-6-12-8-13(22)4-5-16(12)31-2/h4-5,8-11H,3,6-7H2,1-2H3,(H,23,24,25)(H,26,27,28). The van der Waals surface area contributed by atoms with Crippen molar-refractivity contribution in [2.45, 2.75) is 18.2 Å². The molecule has 0 aliphatic rings. The Bertz CT molecular complexity index is 1210. The molecule has 4 aromatic rings. The number of thioether (sulfide) groups is 1. The highest BCUT2D eigenvalue weighted by Crippen LogP contribution is 2.42. The van der Waals surface area contributed by atoms with Crippen LogP contribution >= 0.6 is 39.0 Å². The molecule has 0 saturated carbocycles. The third-order valence-corrected chi connectivity index (χ3v) is 6.94. The minimum atomic E-state index is -0.485. The van der Waals surface area contributed by atoms with Gasteiger partial charge in [-0.05, 0) is 43.4 Å². The van der Waals surface area contributed by atoms with Crippen LogP contribution in [0, 0.1) is 0 Å². The van der Waals surface area contributed by atoms with E-state index in [1.54, 1.807) is 11.8 Å². The monoisotopic (exact) mass is 533 g/mol. The maximum atomic E-state index is 9.40. The van der Waals surface area contributed by atoms with Gasteiger partial charge in [0.25, 0.3) is 0 Å². The first kappa shape index (κ1) is 22.6. The first-order valence-electron chi connectivity index (χ1n) is 9.75. The van der Waals surface area contributed by atoms with Gasteiger partial charge in [0.15, 0.2) is 0 Å². The third-order valence-electron chi connectivity index (χ3n) is 4.48. The van der Waals surface area contributed by atoms with Crippen LogP contribution in [0.1, 0.15) is 12.5 Å². The Labute approximate surface area is 201 Å². The summed E-state index contributed by atoms with van der Waals surface area (Å²) < 4.78 is 11.5. The van der Waals surface area contributed by atoms with Gasteiger partial charge in [-0.2, -0.15) is 4.98 Å². The highest BCUT2D eigenvalue weighted by atomic mass is 79.9. The molecular formula is C21H20BrN5O3S2. The van der Waals surface area contributed by atoms with Crippen molar-refractivity contribution < 1.29 is 14.4 Å². The summed E-state index contributed by atoms with van der Waals surface area (Å²) in [5.74, 6) is 1.62. The Morgan fingerprint density at radius 1 is 1.25 bits per heavy atom. The van der Waals surface area contributed by atoms with Crippen molar-refractivity contribution in [3.63, 3.8) is 0 Å². The van der Waals surface area contributed by atoms with Gasteiger partial charge in [-0.3, -0.25) is 4.52 Å². The molecule has 11 heteroatoms. The number of anilines is 1. The second-order valence-electron chi connectivity index (χ2n) is 6.56. The van der Waals surface area contributed by atoms with Crippen LogP contribution in [0.4, 0.5) is 5.82 Å². The molecule has 0 fully saturated rings. The van der Waals surface area contributed by atoms with Crippen molar-refractivity contribution in [2.24, 2.45) is 0 Å². The van der Waals surface area contributed by atoms with Crippen LogP contribution in [0.3, 0.4) is 0 Å². The van der Waals surface area contributed by atoms with E-state index < -0.39 is 6.08 Å². The molecule has 166 valence electrons. The number of aromatic hydroxyl groups is 1. The van der Waals surface area contributed by atoms with Crippen molar-refractivity contribution >= 4 is 44.8 Å². The largest absolute Gasteiger partial charge is 0.492 e. The molecule has 0 atom stereocenters. The molecule has 0 aliphatic carbocycles. The summed E-state index contributed by atoms with van der Waals surface area (Å²) in [5.41, 5.74) is 2.03. The van der Waals surface area contributed by atoms with E-state index in [1.165, 1.54) is 28.1 Å². The summed E-state index contributed by atoms with van der Waals surface area (Å²) in [6, 6.07) is 10.1. The maximum absolute atomic E-state index is 9.40. The van der Waals surface area contributed by atoms with Gasteiger partial charge in [0.05, 0.1) is 17.2 Å². The lowest BCUT2D eigenvalue weighted by Gasteiger charge is -2.10. The maximum Gasteiger partial charge on any atom is 0.415 e. The van der Waals surface area contributed by atoms with E-state index in [0.29, 0.717) is 17.2 Å². The number of ether oxygens (including phenoxy) is 1. The first-order chi connectivity index (χ1) is 15.6. The number of aromatic nitrogens is 4. The quantitative estimate of drug-likeness (QED) is 0.269. The minimum Gasteiger partial charge on any atom is -0.492 e. The van der Waals surface area contributed by atoms with Gasteiger partial charge in [-0.15, -0.1) is 23.1 Å². The number of benzene rings is 1. The molecule has 0 radical (unpaired) electrons. The van der Waals surface area contributed by atoms with Crippen LogP contribution in [-0.2, 0) is 6.42 Å². The van der Waals surface area contributed by atoms with Gasteiger partial charge in [-0.25, -0.2) is 9.97 Å². The SMILES string of the molecule is CCOc1cc(-c2cc(NCCc3cc(Br)ccc3SC)ncn2)sc1-c1noc(O)n1. The predicted molar refractivity (Wildman–Crippen MR) is 130 cm³/mol. The molecule has 3 heterocycles. The fourth-order valence-electron chi connectivity index (χ4n) is 3.08. The van der Waals surface area contributed by atoms with Gasteiger partial charge in [0.2, 0.25) is 5.82 Å². The molecule has 0 unspecified atom stereocenters. The highest BCUT2D eigenvalue weighted by molar-refractivity contribution is 9.10. The zero-order valence-electron chi connectivity index (χ0n) is 17.3. The molecule has 0 spiro atoms. The molecule has 0 amide bonds. The summed E-state index contributed by atoms with van der Waals surface area (Å²) in [5, 5.41) is 16.6. The Morgan fingerprint density at radius 2 is 2.12 bits per heavy atom. The van der Waals surface area contributed by atoms with Gasteiger partial charge in [-0.1, -0.05) is 21.1 Å². The molecule has 8 nitrogen and oxygen atoms in total. The van der Waals surface area contributed by atoms with E-state index in [-0.39, 0.29) is 5.82 Å². The second kappa shape index (κ2) is 10.3. The van der Waals surface area contributed by atoms with Crippen LogP contribution in [0.2, 0.25) is 0 Å². The van der Waals surface area contributed by atoms with Crippen molar-refractivity contribution in [3.8, 4) is 33.1 Å². The first-order valence-corrected chi connectivity index (χ1v) is 12.6. The number of thiophene rings is 1. The second-order valence-corrected chi connectivity index (χ2v) is 9.37. The highest BCUT2D eigenvalue weighted by Gasteiger charge is 2.19. The number of hydrogen-bond donors (Lipinski definition) is 2. The van der Waals surface area contributed by atoms with Crippen LogP contribution in [0.5, 0.6) is 11.8 Å². The van der Waals surface area contributed by atoms with Crippen LogP contribution in [0.25, 0.3) is 21.3 Å². The molecule has 0 bridgehead atoms. The van der Waals surface area contributed by atoms with E-state index in [4.69, 9.17) is 9.26 Å². The summed E-state index contributed by atoms with van der Waals surface area (Å²) in [6.45, 7) is 3.12. The van der Waals surface area contributed by atoms with E-state index in [1.807, 2.05) is 19.1 Å². The normalized spacial score (nSPS) is 11.0. The van der Waals surface area contributed by atoms with E-state index in [9.17, 15) is 5.11 Å². The van der Waals surface area contributed by atoms with Crippen LogP contribution in [0.15, 0.2) is 50.6 Å². The van der Waals surface area contributed by atoms with Gasteiger partial charge < -0.3 is 15.2 Å². The fourth-order valence-corrected chi connectivity index (χ4v) is 5.11. The number of nitrogens with one attached hydrogen (secondary N) is 1. The summed E-state index contributed by atoms with van der Waals surface area (Å²) in [7, 11) is 0. The van der Waals surface area contributed by atoms with Crippen molar-refractivity contribution in [2.75, 3.05) is 24.7 Å². The Kier molecular flexibility index (Phi) is 7.28. The van der Waals surface area contributed by atoms with Crippen molar-refractivity contribution in [1.29, 1.82) is 0 Å². The predicted octanol–water partition coefficient (Wildman–Crippen LogP) is 5.50. The zero-order chi connectivity index (χ0) is 22.5. The molecule has 1 aromatic carbocycles. The summed E-state index contributed by atoms with van der Waals surface area (Å²) >= 11 is 6.69. The molecule has 0 aliphatic heterocycles. The Balaban J connectivity index is 1.51. The molecule has 3 aromatic heterocycles. The lowest BCUT2D eigenvalue weighted by molar-refractivity contribution is 0.267. The summed E-state index contributed by atoms with van der Waals surface area (Å²) in [4.78, 5) is 15.5. The number of halogens is 1. The zero-order valence-corrected chi connectivity index (χ0v) is 20.6. The molecule has 4 rings (SSSR count). The molecule has 32 heavy (non-hydrogen) atoms. The minimum absolute atomic E-state index is 0.272. The number of hydrogen-bond acceptors (Lipinski definition) is 10. The molecule has 2 N–H and O–H groups in total.